The molecule has 2 aromatic carbocycles. The van der Waals surface area contributed by atoms with Crippen molar-refractivity contribution in [3.63, 3.8) is 0 Å². The maximum absolute atomic E-state index is 12.8. The molecular weight excluding hydrogens is 390 g/mol. The molecule has 3 heterocycles. The second kappa shape index (κ2) is 7.16. The molecule has 0 fully saturated rings. The van der Waals surface area contributed by atoms with Crippen LogP contribution in [0.15, 0.2) is 18.2 Å². The third-order valence-electron chi connectivity index (χ3n) is 6.27. The highest BCUT2D eigenvalue weighted by atomic mass is 16.7. The maximum Gasteiger partial charge on any atom is 0.339 e. The minimum absolute atomic E-state index is 0.118. The number of methoxy groups -OCH3 is 1. The summed E-state index contributed by atoms with van der Waals surface area (Å²) in [5.41, 5.74) is 4.10. The molecule has 0 spiro atoms. The fourth-order valence-electron chi connectivity index (χ4n) is 4.90. The first-order valence-electron chi connectivity index (χ1n) is 9.86. The summed E-state index contributed by atoms with van der Waals surface area (Å²) >= 11 is 0. The maximum atomic E-state index is 12.8. The summed E-state index contributed by atoms with van der Waals surface area (Å²) in [6.45, 7) is 0.338. The Bertz CT molecular complexity index is 1030. The number of benzene rings is 2. The van der Waals surface area contributed by atoms with Gasteiger partial charge in [-0.25, -0.2) is 4.79 Å². The first kappa shape index (κ1) is 19.2. The zero-order valence-electron chi connectivity index (χ0n) is 16.8. The quantitative estimate of drug-likeness (QED) is 0.733. The Morgan fingerprint density at radius 1 is 1.20 bits per heavy atom. The second-order valence-corrected chi connectivity index (χ2v) is 7.69. The summed E-state index contributed by atoms with van der Waals surface area (Å²) in [7, 11) is 3.47. The van der Waals surface area contributed by atoms with Crippen LogP contribution in [0.4, 0.5) is 0 Å². The molecule has 0 radical (unpaired) electrons. The molecule has 158 valence electrons. The SMILES string of the molecule is COc1ccc2c(c1CO)C(=O)O[C@@H]2[C@H]1c2c(cc3c(c2CO)OCO3)CCN1C. The van der Waals surface area contributed by atoms with Crippen LogP contribution in [0.1, 0.15) is 50.3 Å². The summed E-state index contributed by atoms with van der Waals surface area (Å²) in [6, 6.07) is 5.21. The van der Waals surface area contributed by atoms with Gasteiger partial charge in [0.25, 0.3) is 0 Å². The number of hydrogen-bond donors (Lipinski definition) is 2. The van der Waals surface area contributed by atoms with E-state index in [4.69, 9.17) is 18.9 Å². The number of ether oxygens (including phenoxy) is 4. The van der Waals surface area contributed by atoms with Crippen molar-refractivity contribution in [3.8, 4) is 17.2 Å². The minimum Gasteiger partial charge on any atom is -0.496 e. The summed E-state index contributed by atoms with van der Waals surface area (Å²) in [5, 5.41) is 20.1. The van der Waals surface area contributed by atoms with Crippen molar-refractivity contribution in [1.29, 1.82) is 0 Å². The van der Waals surface area contributed by atoms with Crippen LogP contribution in [-0.2, 0) is 24.4 Å². The normalized spacial score (nSPS) is 21.9. The van der Waals surface area contributed by atoms with Crippen LogP contribution in [0.5, 0.6) is 17.2 Å². The van der Waals surface area contributed by atoms with Gasteiger partial charge in [0.05, 0.1) is 31.9 Å². The van der Waals surface area contributed by atoms with Gasteiger partial charge < -0.3 is 29.2 Å². The molecule has 0 amide bonds. The number of fused-ring (bicyclic) bond motifs is 3. The fourth-order valence-corrected chi connectivity index (χ4v) is 4.90. The molecular formula is C22H23NO7. The molecule has 8 heteroatoms. The second-order valence-electron chi connectivity index (χ2n) is 7.69. The molecule has 0 saturated heterocycles. The summed E-state index contributed by atoms with van der Waals surface area (Å²) in [4.78, 5) is 14.9. The molecule has 2 atom stereocenters. The van der Waals surface area contributed by atoms with Crippen LogP contribution in [-0.4, -0.2) is 48.6 Å². The number of aliphatic hydroxyl groups is 2. The van der Waals surface area contributed by atoms with Crippen LogP contribution in [0.3, 0.4) is 0 Å². The van der Waals surface area contributed by atoms with Gasteiger partial charge in [0.15, 0.2) is 11.5 Å². The standard InChI is InChI=1S/C22H23NO7/c1-23-6-5-11-7-16-20(29-10-28-16)14(9-25)17(11)19(23)21-12-3-4-15(27-2)13(8-24)18(12)22(26)30-21/h3-4,7,19,21,24-25H,5-6,8-10H2,1-2H3/t19-,21+/m1/s1. The Hall–Kier alpha value is -2.81. The van der Waals surface area contributed by atoms with Gasteiger partial charge in [-0.1, -0.05) is 6.07 Å². The van der Waals surface area contributed by atoms with Crippen molar-refractivity contribution in [2.45, 2.75) is 31.8 Å². The molecule has 0 aliphatic carbocycles. The molecule has 5 rings (SSSR count). The van der Waals surface area contributed by atoms with Crippen molar-refractivity contribution in [1.82, 2.24) is 4.90 Å². The molecule has 8 nitrogen and oxygen atoms in total. The lowest BCUT2D eigenvalue weighted by Crippen LogP contribution is -2.37. The molecule has 2 aromatic rings. The average Bonchev–Trinajstić information content (AvgIpc) is 3.35. The van der Waals surface area contributed by atoms with Gasteiger partial charge in [0.2, 0.25) is 6.79 Å². The number of rotatable bonds is 4. The van der Waals surface area contributed by atoms with Crippen LogP contribution >= 0.6 is 0 Å². The number of esters is 1. The monoisotopic (exact) mass is 413 g/mol. The third kappa shape index (κ3) is 2.61. The molecule has 3 aliphatic rings. The molecule has 0 saturated carbocycles. The summed E-state index contributed by atoms with van der Waals surface area (Å²) in [5.74, 6) is 1.15. The van der Waals surface area contributed by atoms with Gasteiger partial charge in [-0.2, -0.15) is 0 Å². The van der Waals surface area contributed by atoms with Gasteiger partial charge in [-0.3, -0.25) is 4.90 Å². The Labute approximate surface area is 173 Å². The van der Waals surface area contributed by atoms with Crippen molar-refractivity contribution < 1.29 is 34.0 Å². The zero-order chi connectivity index (χ0) is 21.0. The number of carbonyl (C=O) groups is 1. The highest BCUT2D eigenvalue weighted by Gasteiger charge is 2.45. The van der Waals surface area contributed by atoms with E-state index in [2.05, 4.69) is 4.90 Å². The predicted molar refractivity (Wildman–Crippen MR) is 105 cm³/mol. The van der Waals surface area contributed by atoms with Crippen LogP contribution in [0, 0.1) is 0 Å². The Morgan fingerprint density at radius 2 is 2.00 bits per heavy atom. The smallest absolute Gasteiger partial charge is 0.339 e. The lowest BCUT2D eigenvalue weighted by molar-refractivity contribution is 0.00888. The highest BCUT2D eigenvalue weighted by molar-refractivity contribution is 5.96. The lowest BCUT2D eigenvalue weighted by Gasteiger charge is -2.39. The number of likely N-dealkylation sites (N-methyl/N-ethyl adjacent to an activating group) is 1. The molecule has 2 N–H and O–H groups in total. The average molecular weight is 413 g/mol. The van der Waals surface area contributed by atoms with E-state index in [1.165, 1.54) is 7.11 Å². The van der Waals surface area contributed by atoms with E-state index in [1.807, 2.05) is 19.2 Å². The predicted octanol–water partition coefficient (Wildman–Crippen LogP) is 1.85. The number of aliphatic hydroxyl groups excluding tert-OH is 2. The van der Waals surface area contributed by atoms with Gasteiger partial charge >= 0.3 is 5.97 Å². The third-order valence-corrected chi connectivity index (χ3v) is 6.27. The van der Waals surface area contributed by atoms with E-state index in [9.17, 15) is 15.0 Å². The highest BCUT2D eigenvalue weighted by Crippen LogP contribution is 2.51. The number of nitrogens with zero attached hydrogens (tertiary/aromatic N) is 1. The zero-order valence-corrected chi connectivity index (χ0v) is 16.8. The Morgan fingerprint density at radius 3 is 2.73 bits per heavy atom. The molecule has 0 unspecified atom stereocenters. The van der Waals surface area contributed by atoms with Crippen molar-refractivity contribution in [3.05, 3.63) is 51.6 Å². The van der Waals surface area contributed by atoms with Crippen molar-refractivity contribution in [2.75, 3.05) is 27.5 Å². The van der Waals surface area contributed by atoms with Gasteiger partial charge in [-0.15, -0.1) is 0 Å². The number of cyclic esters (lactones) is 1. The first-order valence-corrected chi connectivity index (χ1v) is 9.86. The van der Waals surface area contributed by atoms with Crippen LogP contribution < -0.4 is 14.2 Å². The van der Waals surface area contributed by atoms with E-state index in [1.54, 1.807) is 6.07 Å². The van der Waals surface area contributed by atoms with E-state index in [0.717, 1.165) is 24.1 Å². The fraction of sp³-hybridized carbons (Fsp3) is 0.409. The van der Waals surface area contributed by atoms with Gasteiger partial charge in [0.1, 0.15) is 11.9 Å². The summed E-state index contributed by atoms with van der Waals surface area (Å²) < 4.78 is 22.4. The molecule has 30 heavy (non-hydrogen) atoms. The van der Waals surface area contributed by atoms with Crippen LogP contribution in [0.25, 0.3) is 0 Å². The van der Waals surface area contributed by atoms with E-state index >= 15 is 0 Å². The van der Waals surface area contributed by atoms with Crippen molar-refractivity contribution in [2.24, 2.45) is 0 Å². The lowest BCUT2D eigenvalue weighted by atomic mass is 9.83. The van der Waals surface area contributed by atoms with Gasteiger partial charge in [0, 0.05) is 23.2 Å². The molecule has 3 aliphatic heterocycles. The van der Waals surface area contributed by atoms with E-state index in [-0.39, 0.29) is 26.0 Å². The van der Waals surface area contributed by atoms with Gasteiger partial charge in [-0.05, 0) is 36.7 Å². The first-order chi connectivity index (χ1) is 14.6. The Balaban J connectivity index is 1.69. The number of hydrogen-bond acceptors (Lipinski definition) is 8. The largest absolute Gasteiger partial charge is 0.496 e. The minimum atomic E-state index is -0.585. The topological polar surface area (TPSA) is 97.7 Å². The van der Waals surface area contributed by atoms with E-state index in [0.29, 0.717) is 39.5 Å². The van der Waals surface area contributed by atoms with Crippen molar-refractivity contribution >= 4 is 5.97 Å². The van der Waals surface area contributed by atoms with E-state index < -0.39 is 12.1 Å². The Kier molecular flexibility index (Phi) is 4.57. The molecule has 0 bridgehead atoms. The molecule has 0 aromatic heterocycles. The van der Waals surface area contributed by atoms with Crippen LogP contribution in [0.2, 0.25) is 0 Å². The number of carbonyl (C=O) groups excluding carboxylic acids is 1. The summed E-state index contributed by atoms with van der Waals surface area (Å²) in [6.07, 6.45) is 0.197.